The lowest BCUT2D eigenvalue weighted by Crippen LogP contribution is -2.15. The molecule has 0 unspecified atom stereocenters. The van der Waals surface area contributed by atoms with Gasteiger partial charge in [-0.25, -0.2) is 4.79 Å². The summed E-state index contributed by atoms with van der Waals surface area (Å²) < 4.78 is 10.2. The number of hydrogen-bond acceptors (Lipinski definition) is 4. The van der Waals surface area contributed by atoms with E-state index in [9.17, 15) is 4.79 Å². The summed E-state index contributed by atoms with van der Waals surface area (Å²) in [6.45, 7) is 7.70. The average Bonchev–Trinajstić information content (AvgIpc) is 2.74. The largest absolute Gasteiger partial charge is 0.465 e. The van der Waals surface area contributed by atoms with E-state index in [2.05, 4.69) is 19.2 Å². The van der Waals surface area contributed by atoms with Crippen molar-refractivity contribution in [3.63, 3.8) is 0 Å². The molecule has 1 aromatic rings. The zero-order valence-corrected chi connectivity index (χ0v) is 11.5. The number of hydrogen-bond donors (Lipinski definition) is 1. The molecule has 0 saturated heterocycles. The van der Waals surface area contributed by atoms with E-state index in [4.69, 9.17) is 9.15 Å². The average molecular weight is 251 g/mol. The first-order chi connectivity index (χ1) is 8.62. The van der Waals surface area contributed by atoms with Gasteiger partial charge in [0.15, 0.2) is 0 Å². The highest BCUT2D eigenvalue weighted by Gasteiger charge is 2.14. The molecule has 4 heteroatoms. The van der Waals surface area contributed by atoms with E-state index in [0.29, 0.717) is 17.1 Å². The van der Waals surface area contributed by atoms with Crippen molar-refractivity contribution in [3.05, 3.63) is 28.7 Å². The molecule has 100 valence electrons. The van der Waals surface area contributed by atoms with Crippen LogP contribution in [0, 0.1) is 6.92 Å². The summed E-state index contributed by atoms with van der Waals surface area (Å²) in [6, 6.07) is 1.72. The number of aryl methyl sites for hydroxylation is 1. The Morgan fingerprint density at radius 3 is 2.78 bits per heavy atom. The molecule has 0 aromatic carbocycles. The lowest BCUT2D eigenvalue weighted by Gasteiger charge is -2.03. The van der Waals surface area contributed by atoms with Crippen LogP contribution in [0.15, 0.2) is 16.1 Å². The SMILES string of the molecule is CCNCC(=Cc1cc(C(=O)OC)c(C)o1)CC. The van der Waals surface area contributed by atoms with Crippen LogP contribution in [0.2, 0.25) is 0 Å². The molecule has 0 aliphatic rings. The van der Waals surface area contributed by atoms with Crippen LogP contribution >= 0.6 is 0 Å². The summed E-state index contributed by atoms with van der Waals surface area (Å²) >= 11 is 0. The quantitative estimate of drug-likeness (QED) is 0.790. The highest BCUT2D eigenvalue weighted by Crippen LogP contribution is 2.18. The molecule has 0 amide bonds. The predicted molar refractivity (Wildman–Crippen MR) is 71.6 cm³/mol. The Labute approximate surface area is 108 Å². The van der Waals surface area contributed by atoms with Gasteiger partial charge in [-0.3, -0.25) is 0 Å². The Hall–Kier alpha value is -1.55. The highest BCUT2D eigenvalue weighted by molar-refractivity contribution is 5.91. The van der Waals surface area contributed by atoms with Crippen LogP contribution in [0.4, 0.5) is 0 Å². The molecule has 0 bridgehead atoms. The minimum Gasteiger partial charge on any atom is -0.465 e. The summed E-state index contributed by atoms with van der Waals surface area (Å²) in [6.07, 6.45) is 2.92. The Kier molecular flexibility index (Phi) is 5.65. The first kappa shape index (κ1) is 14.5. The number of methoxy groups -OCH3 is 1. The third kappa shape index (κ3) is 3.74. The summed E-state index contributed by atoms with van der Waals surface area (Å²) in [5.74, 6) is 0.926. The fraction of sp³-hybridized carbons (Fsp3) is 0.500. The lowest BCUT2D eigenvalue weighted by atomic mass is 10.1. The van der Waals surface area contributed by atoms with Crippen molar-refractivity contribution in [2.45, 2.75) is 27.2 Å². The Balaban J connectivity index is 2.89. The number of nitrogens with one attached hydrogen (secondary N) is 1. The van der Waals surface area contributed by atoms with Crippen LogP contribution < -0.4 is 5.32 Å². The molecule has 1 heterocycles. The van der Waals surface area contributed by atoms with E-state index in [1.165, 1.54) is 12.7 Å². The number of furan rings is 1. The molecular weight excluding hydrogens is 230 g/mol. The summed E-state index contributed by atoms with van der Waals surface area (Å²) in [5, 5.41) is 3.27. The molecule has 0 fully saturated rings. The third-order valence-corrected chi connectivity index (χ3v) is 2.74. The fourth-order valence-electron chi connectivity index (χ4n) is 1.65. The van der Waals surface area contributed by atoms with E-state index in [-0.39, 0.29) is 5.97 Å². The molecule has 0 aliphatic carbocycles. The second-order valence-corrected chi connectivity index (χ2v) is 4.05. The van der Waals surface area contributed by atoms with Gasteiger partial charge in [-0.05, 0) is 32.0 Å². The maximum atomic E-state index is 11.5. The molecule has 1 rings (SSSR count). The smallest absolute Gasteiger partial charge is 0.341 e. The van der Waals surface area contributed by atoms with Gasteiger partial charge in [0.2, 0.25) is 0 Å². The van der Waals surface area contributed by atoms with Gasteiger partial charge < -0.3 is 14.5 Å². The van der Waals surface area contributed by atoms with Gasteiger partial charge >= 0.3 is 5.97 Å². The molecule has 1 N–H and O–H groups in total. The summed E-state index contributed by atoms with van der Waals surface area (Å²) in [4.78, 5) is 11.5. The zero-order chi connectivity index (χ0) is 13.5. The van der Waals surface area contributed by atoms with Crippen LogP contribution in [-0.2, 0) is 4.74 Å². The second kappa shape index (κ2) is 7.01. The number of ether oxygens (including phenoxy) is 1. The maximum absolute atomic E-state index is 11.5. The van der Waals surface area contributed by atoms with Gasteiger partial charge in [-0.15, -0.1) is 0 Å². The van der Waals surface area contributed by atoms with E-state index in [1.54, 1.807) is 13.0 Å². The summed E-state index contributed by atoms with van der Waals surface area (Å²) in [7, 11) is 1.37. The molecule has 0 aliphatic heterocycles. The third-order valence-electron chi connectivity index (χ3n) is 2.74. The second-order valence-electron chi connectivity index (χ2n) is 4.05. The number of rotatable bonds is 6. The van der Waals surface area contributed by atoms with Crippen LogP contribution in [0.25, 0.3) is 6.08 Å². The van der Waals surface area contributed by atoms with Crippen molar-refractivity contribution in [1.29, 1.82) is 0 Å². The lowest BCUT2D eigenvalue weighted by molar-refractivity contribution is 0.0599. The van der Waals surface area contributed by atoms with Crippen molar-refractivity contribution in [3.8, 4) is 0 Å². The molecule has 0 saturated carbocycles. The number of carbonyl (C=O) groups excluding carboxylic acids is 1. The van der Waals surface area contributed by atoms with E-state index in [0.717, 1.165) is 19.5 Å². The topological polar surface area (TPSA) is 51.5 Å². The van der Waals surface area contributed by atoms with E-state index in [1.807, 2.05) is 6.08 Å². The van der Waals surface area contributed by atoms with Crippen LogP contribution in [-0.4, -0.2) is 26.2 Å². The minimum absolute atomic E-state index is 0.361. The van der Waals surface area contributed by atoms with E-state index >= 15 is 0 Å². The molecule has 0 radical (unpaired) electrons. The number of likely N-dealkylation sites (N-methyl/N-ethyl adjacent to an activating group) is 1. The Morgan fingerprint density at radius 1 is 1.50 bits per heavy atom. The number of carbonyl (C=O) groups is 1. The van der Waals surface area contributed by atoms with Crippen molar-refractivity contribution in [2.24, 2.45) is 0 Å². The highest BCUT2D eigenvalue weighted by atomic mass is 16.5. The first-order valence-corrected chi connectivity index (χ1v) is 6.21. The Morgan fingerprint density at radius 2 is 2.22 bits per heavy atom. The van der Waals surface area contributed by atoms with Crippen molar-refractivity contribution in [2.75, 3.05) is 20.2 Å². The van der Waals surface area contributed by atoms with Gasteiger partial charge in [-0.2, -0.15) is 0 Å². The van der Waals surface area contributed by atoms with Crippen molar-refractivity contribution < 1.29 is 13.9 Å². The molecular formula is C14H21NO3. The van der Waals surface area contributed by atoms with Gasteiger partial charge in [-0.1, -0.05) is 19.4 Å². The maximum Gasteiger partial charge on any atom is 0.341 e. The van der Waals surface area contributed by atoms with Crippen LogP contribution in [0.5, 0.6) is 0 Å². The predicted octanol–water partition coefficient (Wildman–Crippen LogP) is 2.78. The molecule has 1 aromatic heterocycles. The van der Waals surface area contributed by atoms with Gasteiger partial charge in [0.25, 0.3) is 0 Å². The van der Waals surface area contributed by atoms with Crippen molar-refractivity contribution in [1.82, 2.24) is 5.32 Å². The van der Waals surface area contributed by atoms with Crippen LogP contribution in [0.3, 0.4) is 0 Å². The first-order valence-electron chi connectivity index (χ1n) is 6.21. The van der Waals surface area contributed by atoms with Gasteiger partial charge in [0.05, 0.1) is 7.11 Å². The van der Waals surface area contributed by atoms with Gasteiger partial charge in [0, 0.05) is 6.54 Å². The van der Waals surface area contributed by atoms with Gasteiger partial charge in [0.1, 0.15) is 17.1 Å². The van der Waals surface area contributed by atoms with E-state index < -0.39 is 0 Å². The molecule has 0 atom stereocenters. The molecule has 4 nitrogen and oxygen atoms in total. The molecule has 18 heavy (non-hydrogen) atoms. The fourth-order valence-corrected chi connectivity index (χ4v) is 1.65. The zero-order valence-electron chi connectivity index (χ0n) is 11.5. The minimum atomic E-state index is -0.361. The Bertz CT molecular complexity index is 432. The molecule has 0 spiro atoms. The van der Waals surface area contributed by atoms with Crippen LogP contribution in [0.1, 0.15) is 42.1 Å². The summed E-state index contributed by atoms with van der Waals surface area (Å²) in [5.41, 5.74) is 1.73. The monoisotopic (exact) mass is 251 g/mol. The number of esters is 1. The van der Waals surface area contributed by atoms with Crippen molar-refractivity contribution >= 4 is 12.0 Å². The standard InChI is InChI=1S/C14H21NO3/c1-5-11(9-15-6-2)7-12-8-13(10(3)18-12)14(16)17-4/h7-8,15H,5-6,9H2,1-4H3. The normalized spacial score (nSPS) is 11.7.